The van der Waals surface area contributed by atoms with Crippen LogP contribution < -0.4 is 11.1 Å². The lowest BCUT2D eigenvalue weighted by molar-refractivity contribution is 0.187. The van der Waals surface area contributed by atoms with E-state index in [0.717, 1.165) is 11.3 Å². The van der Waals surface area contributed by atoms with Crippen LogP contribution in [0, 0.1) is 0 Å². The number of benzene rings is 1. The highest BCUT2D eigenvalue weighted by Gasteiger charge is 2.06. The fraction of sp³-hybridized carbons (Fsp3) is 0.0769. The number of nitrogens with zero attached hydrogens (tertiary/aromatic N) is 1. The highest BCUT2D eigenvalue weighted by atomic mass is 16.5. The highest BCUT2D eigenvalue weighted by Crippen LogP contribution is 2.26. The molecule has 1 amide bonds. The summed E-state index contributed by atoms with van der Waals surface area (Å²) in [5, 5.41) is 2.55. The zero-order chi connectivity index (χ0) is 13.0. The van der Waals surface area contributed by atoms with Gasteiger partial charge in [-0.15, -0.1) is 0 Å². The van der Waals surface area contributed by atoms with Gasteiger partial charge in [-0.3, -0.25) is 10.3 Å². The molecule has 0 saturated carbocycles. The topological polar surface area (TPSA) is 77.2 Å². The molecule has 0 atom stereocenters. The van der Waals surface area contributed by atoms with Crippen LogP contribution in [0.15, 0.2) is 42.6 Å². The Morgan fingerprint density at radius 2 is 2.17 bits per heavy atom. The molecular weight excluding hydrogens is 230 g/mol. The lowest BCUT2D eigenvalue weighted by Crippen LogP contribution is -2.11. The Kier molecular flexibility index (Phi) is 3.43. The summed E-state index contributed by atoms with van der Waals surface area (Å²) in [4.78, 5) is 15.3. The van der Waals surface area contributed by atoms with Crippen LogP contribution in [0.25, 0.3) is 11.3 Å². The van der Waals surface area contributed by atoms with Crippen molar-refractivity contribution >= 4 is 17.5 Å². The van der Waals surface area contributed by atoms with Crippen molar-refractivity contribution in [2.24, 2.45) is 0 Å². The minimum absolute atomic E-state index is 0.528. The van der Waals surface area contributed by atoms with Gasteiger partial charge in [-0.1, -0.05) is 6.07 Å². The van der Waals surface area contributed by atoms with Gasteiger partial charge in [0.25, 0.3) is 0 Å². The van der Waals surface area contributed by atoms with Gasteiger partial charge in [0.1, 0.15) is 0 Å². The van der Waals surface area contributed by atoms with E-state index in [-0.39, 0.29) is 0 Å². The smallest absolute Gasteiger partial charge is 0.411 e. The lowest BCUT2D eigenvalue weighted by Gasteiger charge is -2.08. The summed E-state index contributed by atoms with van der Waals surface area (Å²) in [7, 11) is 1.31. The zero-order valence-electron chi connectivity index (χ0n) is 9.88. The fourth-order valence-corrected chi connectivity index (χ4v) is 1.56. The number of nitrogen functional groups attached to an aromatic ring is 1. The van der Waals surface area contributed by atoms with Crippen molar-refractivity contribution in [1.29, 1.82) is 0 Å². The summed E-state index contributed by atoms with van der Waals surface area (Å²) < 4.78 is 4.51. The van der Waals surface area contributed by atoms with Crippen LogP contribution in [0.4, 0.5) is 16.2 Å². The zero-order valence-corrected chi connectivity index (χ0v) is 9.88. The molecule has 0 aliphatic heterocycles. The summed E-state index contributed by atoms with van der Waals surface area (Å²) in [5.74, 6) is 0. The molecule has 1 aromatic carbocycles. The second-order valence-electron chi connectivity index (χ2n) is 3.63. The molecule has 18 heavy (non-hydrogen) atoms. The predicted molar refractivity (Wildman–Crippen MR) is 70.1 cm³/mol. The summed E-state index contributed by atoms with van der Waals surface area (Å²) in [6.45, 7) is 0. The normalized spacial score (nSPS) is 9.83. The average molecular weight is 243 g/mol. The maximum Gasteiger partial charge on any atom is 0.411 e. The van der Waals surface area contributed by atoms with E-state index in [4.69, 9.17) is 5.73 Å². The summed E-state index contributed by atoms with van der Waals surface area (Å²) in [6, 6.07) is 10.8. The second kappa shape index (κ2) is 5.18. The number of anilines is 2. The Hall–Kier alpha value is -2.56. The van der Waals surface area contributed by atoms with Gasteiger partial charge >= 0.3 is 6.09 Å². The van der Waals surface area contributed by atoms with Crippen LogP contribution in [0.3, 0.4) is 0 Å². The van der Waals surface area contributed by atoms with Crippen LogP contribution in [-0.2, 0) is 4.74 Å². The number of carbonyl (C=O) groups is 1. The minimum atomic E-state index is -0.528. The number of hydrogen-bond donors (Lipinski definition) is 2. The van der Waals surface area contributed by atoms with E-state index < -0.39 is 6.09 Å². The molecule has 2 aromatic rings. The summed E-state index contributed by atoms with van der Waals surface area (Å²) in [6.07, 6.45) is 1.18. The number of amides is 1. The number of carbonyl (C=O) groups excluding carboxylic acids is 1. The Balaban J connectivity index is 2.28. The van der Waals surface area contributed by atoms with E-state index in [0.29, 0.717) is 11.4 Å². The standard InChI is InChI=1S/C13H13N3O2/c1-18-13(17)16-9-5-6-10(11(14)8-9)12-4-2-3-7-15-12/h2-8H,14H2,1H3,(H,16,17). The van der Waals surface area contributed by atoms with E-state index in [9.17, 15) is 4.79 Å². The van der Waals surface area contributed by atoms with Gasteiger partial charge in [0.2, 0.25) is 0 Å². The number of ether oxygens (including phenoxy) is 1. The van der Waals surface area contributed by atoms with E-state index in [1.165, 1.54) is 7.11 Å². The first-order valence-corrected chi connectivity index (χ1v) is 5.36. The molecule has 0 bridgehead atoms. The second-order valence-corrected chi connectivity index (χ2v) is 3.63. The van der Waals surface area contributed by atoms with Gasteiger partial charge in [0.05, 0.1) is 12.8 Å². The molecule has 2 rings (SSSR count). The Labute approximate surface area is 105 Å². The molecule has 1 heterocycles. The van der Waals surface area contributed by atoms with E-state index in [1.54, 1.807) is 18.3 Å². The molecule has 92 valence electrons. The molecule has 0 fully saturated rings. The molecule has 0 aliphatic rings. The number of hydrogen-bond acceptors (Lipinski definition) is 4. The monoisotopic (exact) mass is 243 g/mol. The van der Waals surface area contributed by atoms with Crippen LogP contribution in [0.1, 0.15) is 0 Å². The van der Waals surface area contributed by atoms with Crippen molar-refractivity contribution in [3.05, 3.63) is 42.6 Å². The number of nitrogens with two attached hydrogens (primary N) is 1. The average Bonchev–Trinajstić information content (AvgIpc) is 2.40. The SMILES string of the molecule is COC(=O)Nc1ccc(-c2ccccn2)c(N)c1. The predicted octanol–water partition coefficient (Wildman–Crippen LogP) is 2.51. The molecule has 5 nitrogen and oxygen atoms in total. The summed E-state index contributed by atoms with van der Waals surface area (Å²) in [5.41, 5.74) is 8.68. The van der Waals surface area contributed by atoms with Gasteiger partial charge < -0.3 is 10.5 Å². The molecule has 3 N–H and O–H groups in total. The number of rotatable bonds is 2. The minimum Gasteiger partial charge on any atom is -0.453 e. The van der Waals surface area contributed by atoms with Gasteiger partial charge in [0, 0.05) is 23.1 Å². The molecular formula is C13H13N3O2. The van der Waals surface area contributed by atoms with Gasteiger partial charge in [-0.25, -0.2) is 4.79 Å². The van der Waals surface area contributed by atoms with Crippen molar-refractivity contribution in [3.8, 4) is 11.3 Å². The van der Waals surface area contributed by atoms with Crippen LogP contribution in [0.2, 0.25) is 0 Å². The first-order chi connectivity index (χ1) is 8.70. The van der Waals surface area contributed by atoms with Crippen molar-refractivity contribution in [2.45, 2.75) is 0 Å². The molecule has 0 unspecified atom stereocenters. The fourth-order valence-electron chi connectivity index (χ4n) is 1.56. The maximum absolute atomic E-state index is 11.1. The number of nitrogens with one attached hydrogen (secondary N) is 1. The van der Waals surface area contributed by atoms with Crippen LogP contribution in [-0.4, -0.2) is 18.2 Å². The molecule has 1 aromatic heterocycles. The molecule has 0 saturated heterocycles. The third kappa shape index (κ3) is 2.57. The third-order valence-electron chi connectivity index (χ3n) is 2.42. The molecule has 0 spiro atoms. The number of methoxy groups -OCH3 is 1. The quantitative estimate of drug-likeness (QED) is 0.794. The maximum atomic E-state index is 11.1. The Morgan fingerprint density at radius 1 is 1.33 bits per heavy atom. The first-order valence-electron chi connectivity index (χ1n) is 5.36. The third-order valence-corrected chi connectivity index (χ3v) is 2.42. The Morgan fingerprint density at radius 3 is 2.78 bits per heavy atom. The van der Waals surface area contributed by atoms with E-state index in [2.05, 4.69) is 15.0 Å². The van der Waals surface area contributed by atoms with Crippen molar-refractivity contribution < 1.29 is 9.53 Å². The van der Waals surface area contributed by atoms with Gasteiger partial charge in [0.15, 0.2) is 0 Å². The summed E-state index contributed by atoms with van der Waals surface area (Å²) >= 11 is 0. The van der Waals surface area contributed by atoms with Crippen molar-refractivity contribution in [3.63, 3.8) is 0 Å². The molecule has 5 heteroatoms. The van der Waals surface area contributed by atoms with E-state index in [1.807, 2.05) is 24.3 Å². The number of pyridine rings is 1. The van der Waals surface area contributed by atoms with Crippen molar-refractivity contribution in [2.75, 3.05) is 18.2 Å². The van der Waals surface area contributed by atoms with Crippen LogP contribution in [0.5, 0.6) is 0 Å². The Bertz CT molecular complexity index is 555. The number of aromatic nitrogens is 1. The van der Waals surface area contributed by atoms with Gasteiger partial charge in [-0.2, -0.15) is 0 Å². The van der Waals surface area contributed by atoms with Crippen molar-refractivity contribution in [1.82, 2.24) is 4.98 Å². The largest absolute Gasteiger partial charge is 0.453 e. The lowest BCUT2D eigenvalue weighted by atomic mass is 10.1. The van der Waals surface area contributed by atoms with E-state index >= 15 is 0 Å². The first kappa shape index (κ1) is 11.9. The molecule has 0 aliphatic carbocycles. The van der Waals surface area contributed by atoms with Gasteiger partial charge in [-0.05, 0) is 30.3 Å². The highest BCUT2D eigenvalue weighted by molar-refractivity contribution is 5.87. The van der Waals surface area contributed by atoms with Crippen LogP contribution >= 0.6 is 0 Å². The molecule has 0 radical (unpaired) electrons.